The number of carbonyl (C=O) groups excluding carboxylic acids is 1. The molecule has 1 aromatic carbocycles. The first-order valence-corrected chi connectivity index (χ1v) is 7.01. The highest BCUT2D eigenvalue weighted by Crippen LogP contribution is 2.20. The molecule has 1 N–H and O–H groups in total. The summed E-state index contributed by atoms with van der Waals surface area (Å²) in [5.74, 6) is 0.913. The Kier molecular flexibility index (Phi) is 3.30. The third kappa shape index (κ3) is 2.33. The first-order valence-electron chi connectivity index (χ1n) is 7.01. The molecule has 2 aromatic rings. The van der Waals surface area contributed by atoms with E-state index in [9.17, 15) is 4.79 Å². The van der Waals surface area contributed by atoms with Gasteiger partial charge in [-0.2, -0.15) is 0 Å². The predicted molar refractivity (Wildman–Crippen MR) is 74.7 cm³/mol. The average Bonchev–Trinajstić information content (AvgIpc) is 2.76. The molecule has 0 radical (unpaired) electrons. The molecule has 0 atom stereocenters. The van der Waals surface area contributed by atoms with Crippen molar-refractivity contribution < 1.29 is 9.21 Å². The lowest BCUT2D eigenvalue weighted by Crippen LogP contribution is -2.23. The minimum absolute atomic E-state index is 0.0256. The van der Waals surface area contributed by atoms with Crippen molar-refractivity contribution in [3.63, 3.8) is 0 Å². The molecule has 1 heterocycles. The second kappa shape index (κ2) is 5.12. The Balaban J connectivity index is 1.88. The monoisotopic (exact) mass is 270 g/mol. The van der Waals surface area contributed by atoms with Crippen LogP contribution in [0.5, 0.6) is 0 Å². The first kappa shape index (κ1) is 12.9. The zero-order valence-corrected chi connectivity index (χ0v) is 11.6. The van der Waals surface area contributed by atoms with Crippen LogP contribution >= 0.6 is 0 Å². The third-order valence-electron chi connectivity index (χ3n) is 3.86. The summed E-state index contributed by atoms with van der Waals surface area (Å²) in [5, 5.41) is 7.90. The molecule has 0 spiro atoms. The van der Waals surface area contributed by atoms with Crippen LogP contribution < -0.4 is 5.68 Å². The van der Waals surface area contributed by atoms with E-state index < -0.39 is 0 Å². The fraction of sp³-hybridized carbons (Fsp3) is 0.375. The number of Topliss-reactive ketones (excluding diaryl/α,β-unsaturated/α-hetero) is 1. The second-order valence-electron chi connectivity index (χ2n) is 5.36. The van der Waals surface area contributed by atoms with Crippen molar-refractivity contribution in [2.75, 3.05) is 0 Å². The van der Waals surface area contributed by atoms with Crippen LogP contribution in [0.25, 0.3) is 0 Å². The maximum absolute atomic E-state index is 12.3. The summed E-state index contributed by atoms with van der Waals surface area (Å²) in [4.78, 5) is 12.3. The van der Waals surface area contributed by atoms with Gasteiger partial charge in [0.05, 0.1) is 12.2 Å². The Bertz CT molecular complexity index is 692. The Morgan fingerprint density at radius 3 is 2.70 bits per heavy atom. The molecule has 20 heavy (non-hydrogen) atoms. The molecule has 0 unspecified atom stereocenters. The molecule has 104 valence electrons. The molecule has 0 fully saturated rings. The highest BCUT2D eigenvalue weighted by molar-refractivity contribution is 5.95. The van der Waals surface area contributed by atoms with E-state index in [0.717, 1.165) is 42.7 Å². The molecular weight excluding hydrogens is 252 g/mol. The number of oxazole rings is 1. The van der Waals surface area contributed by atoms with Gasteiger partial charge in [0.15, 0.2) is 5.78 Å². The molecule has 4 heteroatoms. The van der Waals surface area contributed by atoms with Gasteiger partial charge < -0.3 is 4.42 Å². The predicted octanol–water partition coefficient (Wildman–Crippen LogP) is 2.63. The minimum atomic E-state index is 0.0256. The van der Waals surface area contributed by atoms with Gasteiger partial charge in [0.2, 0.25) is 0 Å². The zero-order chi connectivity index (χ0) is 14.1. The number of nitrogens with zero attached hydrogens (tertiary/aromatic N) is 1. The van der Waals surface area contributed by atoms with Crippen LogP contribution in [0.2, 0.25) is 0 Å². The van der Waals surface area contributed by atoms with E-state index in [-0.39, 0.29) is 18.0 Å². The molecule has 0 saturated heterocycles. The molecule has 4 nitrogen and oxygen atoms in total. The Labute approximate surface area is 117 Å². The maximum Gasteiger partial charge on any atom is 0.294 e. The van der Waals surface area contributed by atoms with Gasteiger partial charge >= 0.3 is 0 Å². The van der Waals surface area contributed by atoms with Gasteiger partial charge in [0.1, 0.15) is 5.76 Å². The summed E-state index contributed by atoms with van der Waals surface area (Å²) >= 11 is 0. The van der Waals surface area contributed by atoms with Crippen molar-refractivity contribution in [3.05, 3.63) is 52.5 Å². The van der Waals surface area contributed by atoms with Crippen LogP contribution in [0.15, 0.2) is 28.7 Å². The number of carbonyl (C=O) groups is 1. The van der Waals surface area contributed by atoms with Crippen LogP contribution in [0.4, 0.5) is 0 Å². The highest BCUT2D eigenvalue weighted by Gasteiger charge is 2.20. The number of benzene rings is 1. The number of fused-ring (bicyclic) bond motifs is 1. The third-order valence-corrected chi connectivity index (χ3v) is 3.86. The lowest BCUT2D eigenvalue weighted by atomic mass is 10.0. The highest BCUT2D eigenvalue weighted by atomic mass is 16.4. The summed E-state index contributed by atoms with van der Waals surface area (Å²) in [6, 6.07) is 7.55. The summed E-state index contributed by atoms with van der Waals surface area (Å²) < 4.78 is 7.19. The van der Waals surface area contributed by atoms with E-state index in [2.05, 4.69) is 0 Å². The number of ketones is 1. The van der Waals surface area contributed by atoms with Crippen LogP contribution in [0.1, 0.15) is 40.2 Å². The number of nitrogens with one attached hydrogen (secondary N) is 1. The molecule has 1 aromatic heterocycles. The SMILES string of the molecule is Cc1ccc(C(=O)Cn2c3c(oc2=N)CCCC3)cc1. The minimum Gasteiger partial charge on any atom is -0.429 e. The largest absolute Gasteiger partial charge is 0.429 e. The number of aromatic nitrogens is 1. The van der Waals surface area contributed by atoms with Crippen molar-refractivity contribution in [1.82, 2.24) is 4.57 Å². The quantitative estimate of drug-likeness (QED) is 0.872. The van der Waals surface area contributed by atoms with Crippen LogP contribution in [-0.2, 0) is 19.4 Å². The van der Waals surface area contributed by atoms with Crippen molar-refractivity contribution in [3.8, 4) is 0 Å². The molecule has 0 saturated carbocycles. The lowest BCUT2D eigenvalue weighted by Gasteiger charge is -2.12. The van der Waals surface area contributed by atoms with E-state index >= 15 is 0 Å². The first-order chi connectivity index (χ1) is 9.65. The van der Waals surface area contributed by atoms with Gasteiger partial charge in [-0.25, -0.2) is 0 Å². The van der Waals surface area contributed by atoms with Crippen molar-refractivity contribution in [2.45, 2.75) is 39.2 Å². The van der Waals surface area contributed by atoms with Gasteiger partial charge in [-0.1, -0.05) is 29.8 Å². The summed E-state index contributed by atoms with van der Waals surface area (Å²) in [6.45, 7) is 2.19. The van der Waals surface area contributed by atoms with E-state index in [1.54, 1.807) is 4.57 Å². The normalized spacial score (nSPS) is 14.1. The average molecular weight is 270 g/mol. The molecule has 1 aliphatic rings. The Hall–Kier alpha value is -2.10. The van der Waals surface area contributed by atoms with Gasteiger partial charge in [-0.05, 0) is 26.2 Å². The maximum atomic E-state index is 12.3. The fourth-order valence-electron chi connectivity index (χ4n) is 2.69. The fourth-order valence-corrected chi connectivity index (χ4v) is 2.69. The van der Waals surface area contributed by atoms with E-state index in [4.69, 9.17) is 9.83 Å². The van der Waals surface area contributed by atoms with Crippen molar-refractivity contribution >= 4 is 5.78 Å². The zero-order valence-electron chi connectivity index (χ0n) is 11.6. The van der Waals surface area contributed by atoms with E-state index in [1.165, 1.54) is 0 Å². The van der Waals surface area contributed by atoms with Crippen LogP contribution in [-0.4, -0.2) is 10.4 Å². The standard InChI is InChI=1S/C16H18N2O2/c1-11-6-8-12(9-7-11)14(19)10-18-13-4-2-3-5-15(13)20-16(18)17/h6-9,17H,2-5,10H2,1H3. The molecule has 0 aliphatic heterocycles. The van der Waals surface area contributed by atoms with Gasteiger partial charge in [0, 0.05) is 12.0 Å². The van der Waals surface area contributed by atoms with Crippen molar-refractivity contribution in [2.24, 2.45) is 0 Å². The van der Waals surface area contributed by atoms with E-state index in [0.29, 0.717) is 5.56 Å². The smallest absolute Gasteiger partial charge is 0.294 e. The van der Waals surface area contributed by atoms with Crippen molar-refractivity contribution in [1.29, 1.82) is 5.41 Å². The second-order valence-corrected chi connectivity index (χ2v) is 5.36. The summed E-state index contributed by atoms with van der Waals surface area (Å²) in [7, 11) is 0. The van der Waals surface area contributed by atoms with E-state index in [1.807, 2.05) is 31.2 Å². The van der Waals surface area contributed by atoms with Gasteiger partial charge in [0.25, 0.3) is 5.68 Å². The number of aryl methyl sites for hydroxylation is 2. The molecule has 1 aliphatic carbocycles. The molecular formula is C16H18N2O2. The van der Waals surface area contributed by atoms with Crippen LogP contribution in [0, 0.1) is 12.3 Å². The summed E-state index contributed by atoms with van der Waals surface area (Å²) in [5.41, 5.74) is 2.95. The summed E-state index contributed by atoms with van der Waals surface area (Å²) in [6.07, 6.45) is 3.99. The molecule has 0 bridgehead atoms. The molecule has 0 amide bonds. The number of hydrogen-bond donors (Lipinski definition) is 1. The topological polar surface area (TPSA) is 59.0 Å². The van der Waals surface area contributed by atoms with Crippen LogP contribution in [0.3, 0.4) is 0 Å². The lowest BCUT2D eigenvalue weighted by molar-refractivity contribution is 0.0967. The number of rotatable bonds is 3. The molecule has 3 rings (SSSR count). The Morgan fingerprint density at radius 1 is 1.25 bits per heavy atom. The van der Waals surface area contributed by atoms with Gasteiger partial charge in [-0.3, -0.25) is 14.8 Å². The van der Waals surface area contributed by atoms with Gasteiger partial charge in [-0.15, -0.1) is 0 Å². The number of hydrogen-bond acceptors (Lipinski definition) is 3. The Morgan fingerprint density at radius 2 is 1.95 bits per heavy atom.